The molecule has 19 heavy (non-hydrogen) atoms. The lowest BCUT2D eigenvalue weighted by atomic mass is 9.96. The van der Waals surface area contributed by atoms with E-state index in [0.717, 1.165) is 25.7 Å². The molecule has 98 valence electrons. The summed E-state index contributed by atoms with van der Waals surface area (Å²) in [5, 5.41) is 17.3. The molecule has 0 unspecified atom stereocenters. The number of aromatic amines is 1. The number of carbonyl (C=O) groups excluding carboxylic acids is 1. The highest BCUT2D eigenvalue weighted by atomic mass is 16.1. The first kappa shape index (κ1) is 11.8. The van der Waals surface area contributed by atoms with Crippen LogP contribution in [0.4, 0.5) is 0 Å². The van der Waals surface area contributed by atoms with E-state index >= 15 is 0 Å². The largest absolute Gasteiger partial charge is 0.339 e. The number of carbonyl (C=O) groups is 1. The summed E-state index contributed by atoms with van der Waals surface area (Å²) in [6.45, 7) is 0. The van der Waals surface area contributed by atoms with Gasteiger partial charge in [0.25, 0.3) is 5.91 Å². The molecule has 0 bridgehead atoms. The zero-order valence-electron chi connectivity index (χ0n) is 10.5. The average Bonchev–Trinajstić information content (AvgIpc) is 3.11. The molecule has 3 rings (SSSR count). The van der Waals surface area contributed by atoms with E-state index in [1.54, 1.807) is 12.1 Å². The molecular weight excluding hydrogens is 242 g/mol. The van der Waals surface area contributed by atoms with Crippen LogP contribution in [0.25, 0.3) is 0 Å². The molecule has 1 saturated carbocycles. The Balaban J connectivity index is 1.85. The monoisotopic (exact) mass is 257 g/mol. The van der Waals surface area contributed by atoms with Gasteiger partial charge in [0.15, 0.2) is 5.82 Å². The SMILES string of the molecule is O=C(NC1(c2nn[nH]n2)CCCC1)c1ccccc1. The van der Waals surface area contributed by atoms with E-state index < -0.39 is 5.54 Å². The van der Waals surface area contributed by atoms with Crippen LogP contribution in [0.15, 0.2) is 30.3 Å². The molecule has 1 aromatic carbocycles. The van der Waals surface area contributed by atoms with Gasteiger partial charge in [0, 0.05) is 5.56 Å². The topological polar surface area (TPSA) is 83.6 Å². The number of tetrazole rings is 1. The van der Waals surface area contributed by atoms with Gasteiger partial charge >= 0.3 is 0 Å². The minimum absolute atomic E-state index is 0.0905. The number of rotatable bonds is 3. The zero-order valence-corrected chi connectivity index (χ0v) is 10.5. The van der Waals surface area contributed by atoms with Crippen LogP contribution in [-0.2, 0) is 5.54 Å². The fourth-order valence-corrected chi connectivity index (χ4v) is 2.63. The smallest absolute Gasteiger partial charge is 0.252 e. The normalized spacial score (nSPS) is 17.3. The number of benzene rings is 1. The fraction of sp³-hybridized carbons (Fsp3) is 0.385. The number of aromatic nitrogens is 4. The summed E-state index contributed by atoms with van der Waals surface area (Å²) in [6.07, 6.45) is 3.82. The minimum atomic E-state index is -0.472. The van der Waals surface area contributed by atoms with E-state index in [9.17, 15) is 4.79 Å². The Morgan fingerprint density at radius 2 is 1.95 bits per heavy atom. The van der Waals surface area contributed by atoms with Gasteiger partial charge in [-0.05, 0) is 25.0 Å². The fourth-order valence-electron chi connectivity index (χ4n) is 2.63. The van der Waals surface area contributed by atoms with Crippen LogP contribution in [0.5, 0.6) is 0 Å². The molecule has 1 aliphatic carbocycles. The molecule has 0 spiro atoms. The van der Waals surface area contributed by atoms with Crippen LogP contribution in [0, 0.1) is 0 Å². The van der Waals surface area contributed by atoms with Crippen LogP contribution in [-0.4, -0.2) is 26.5 Å². The third-order valence-electron chi connectivity index (χ3n) is 3.62. The molecule has 1 aliphatic rings. The Kier molecular flexibility index (Phi) is 2.98. The lowest BCUT2D eigenvalue weighted by Gasteiger charge is -2.26. The van der Waals surface area contributed by atoms with Gasteiger partial charge in [-0.25, -0.2) is 0 Å². The van der Waals surface area contributed by atoms with Gasteiger partial charge in [-0.3, -0.25) is 4.79 Å². The molecule has 0 radical (unpaired) electrons. The highest BCUT2D eigenvalue weighted by Crippen LogP contribution is 2.36. The summed E-state index contributed by atoms with van der Waals surface area (Å²) in [7, 11) is 0. The van der Waals surface area contributed by atoms with E-state index in [1.807, 2.05) is 18.2 Å². The number of hydrogen-bond acceptors (Lipinski definition) is 4. The standard InChI is InChI=1S/C13H15N5O/c19-11(10-6-2-1-3-7-10)14-13(8-4-5-9-13)12-15-17-18-16-12/h1-3,6-7H,4-5,8-9H2,(H,14,19)(H,15,16,17,18). The van der Waals surface area contributed by atoms with Crippen molar-refractivity contribution in [3.05, 3.63) is 41.7 Å². The number of H-pyrrole nitrogens is 1. The Morgan fingerprint density at radius 3 is 2.58 bits per heavy atom. The Bertz CT molecular complexity index is 546. The molecular formula is C13H15N5O. The molecule has 2 aromatic rings. The van der Waals surface area contributed by atoms with Gasteiger partial charge in [-0.15, -0.1) is 10.2 Å². The molecule has 6 heteroatoms. The second-order valence-electron chi connectivity index (χ2n) is 4.84. The predicted molar refractivity (Wildman–Crippen MR) is 68.2 cm³/mol. The van der Waals surface area contributed by atoms with Gasteiger partial charge in [-0.2, -0.15) is 5.21 Å². The first-order chi connectivity index (χ1) is 9.30. The molecule has 1 amide bonds. The van der Waals surface area contributed by atoms with E-state index in [4.69, 9.17) is 0 Å². The number of hydrogen-bond donors (Lipinski definition) is 2. The Hall–Kier alpha value is -2.24. The van der Waals surface area contributed by atoms with Gasteiger partial charge < -0.3 is 5.32 Å². The van der Waals surface area contributed by atoms with E-state index in [0.29, 0.717) is 11.4 Å². The second kappa shape index (κ2) is 4.79. The van der Waals surface area contributed by atoms with Crippen molar-refractivity contribution in [2.45, 2.75) is 31.2 Å². The highest BCUT2D eigenvalue weighted by Gasteiger charge is 2.40. The van der Waals surface area contributed by atoms with Gasteiger partial charge in [0.1, 0.15) is 5.54 Å². The molecule has 1 aromatic heterocycles. The molecule has 0 saturated heterocycles. The zero-order chi connectivity index (χ0) is 13.1. The van der Waals surface area contributed by atoms with Crippen LogP contribution in [0.2, 0.25) is 0 Å². The minimum Gasteiger partial charge on any atom is -0.339 e. The molecule has 0 atom stereocenters. The van der Waals surface area contributed by atoms with E-state index in [2.05, 4.69) is 25.9 Å². The summed E-state index contributed by atoms with van der Waals surface area (Å²) < 4.78 is 0. The van der Waals surface area contributed by atoms with Gasteiger partial charge in [0.2, 0.25) is 0 Å². The van der Waals surface area contributed by atoms with Crippen molar-refractivity contribution in [2.75, 3.05) is 0 Å². The highest BCUT2D eigenvalue weighted by molar-refractivity contribution is 5.94. The summed E-state index contributed by atoms with van der Waals surface area (Å²) in [6, 6.07) is 9.19. The third-order valence-corrected chi connectivity index (χ3v) is 3.62. The maximum atomic E-state index is 12.3. The molecule has 0 aliphatic heterocycles. The predicted octanol–water partition coefficient (Wildman–Crippen LogP) is 1.40. The summed E-state index contributed by atoms with van der Waals surface area (Å²) >= 11 is 0. The van der Waals surface area contributed by atoms with Crippen molar-refractivity contribution in [2.24, 2.45) is 0 Å². The maximum absolute atomic E-state index is 12.3. The van der Waals surface area contributed by atoms with Crippen molar-refractivity contribution in [3.8, 4) is 0 Å². The Labute approximate surface area is 110 Å². The summed E-state index contributed by atoms with van der Waals surface area (Å²) in [5.74, 6) is 0.488. The van der Waals surface area contributed by atoms with Crippen LogP contribution < -0.4 is 5.32 Å². The van der Waals surface area contributed by atoms with E-state index in [1.165, 1.54) is 0 Å². The quantitative estimate of drug-likeness (QED) is 0.870. The third kappa shape index (κ3) is 2.21. The van der Waals surface area contributed by atoms with E-state index in [-0.39, 0.29) is 5.91 Å². The molecule has 1 fully saturated rings. The van der Waals surface area contributed by atoms with Gasteiger partial charge in [0.05, 0.1) is 0 Å². The average molecular weight is 257 g/mol. The molecule has 1 heterocycles. The number of nitrogens with zero attached hydrogens (tertiary/aromatic N) is 3. The second-order valence-corrected chi connectivity index (χ2v) is 4.84. The van der Waals surface area contributed by atoms with Crippen molar-refractivity contribution < 1.29 is 4.79 Å². The molecule has 2 N–H and O–H groups in total. The van der Waals surface area contributed by atoms with Crippen molar-refractivity contribution >= 4 is 5.91 Å². The van der Waals surface area contributed by atoms with Crippen LogP contribution in [0.3, 0.4) is 0 Å². The van der Waals surface area contributed by atoms with Crippen LogP contribution in [0.1, 0.15) is 41.9 Å². The maximum Gasteiger partial charge on any atom is 0.252 e. The first-order valence-electron chi connectivity index (χ1n) is 6.42. The summed E-state index contributed by atoms with van der Waals surface area (Å²) in [4.78, 5) is 12.3. The Morgan fingerprint density at radius 1 is 1.21 bits per heavy atom. The van der Waals surface area contributed by atoms with Gasteiger partial charge in [-0.1, -0.05) is 36.3 Å². The lowest BCUT2D eigenvalue weighted by molar-refractivity contribution is 0.0893. The first-order valence-corrected chi connectivity index (χ1v) is 6.42. The van der Waals surface area contributed by atoms with Crippen LogP contribution >= 0.6 is 0 Å². The summed E-state index contributed by atoms with van der Waals surface area (Å²) in [5.41, 5.74) is 0.178. The van der Waals surface area contributed by atoms with Crippen molar-refractivity contribution in [1.82, 2.24) is 25.9 Å². The number of amides is 1. The molecule has 6 nitrogen and oxygen atoms in total. The van der Waals surface area contributed by atoms with Crippen molar-refractivity contribution in [1.29, 1.82) is 0 Å². The van der Waals surface area contributed by atoms with Crippen molar-refractivity contribution in [3.63, 3.8) is 0 Å². The lowest BCUT2D eigenvalue weighted by Crippen LogP contribution is -2.44. The number of nitrogens with one attached hydrogen (secondary N) is 2.